The minimum absolute atomic E-state index is 0.0236. The van der Waals surface area contributed by atoms with Crippen molar-refractivity contribution in [3.63, 3.8) is 0 Å². The highest BCUT2D eigenvalue weighted by molar-refractivity contribution is 5.92. The number of nitrogens with zero attached hydrogens (tertiary/aromatic N) is 3. The maximum absolute atomic E-state index is 13.3. The van der Waals surface area contributed by atoms with E-state index in [4.69, 9.17) is 14.5 Å². The van der Waals surface area contributed by atoms with Crippen LogP contribution < -0.4 is 20.3 Å². The zero-order chi connectivity index (χ0) is 24.9. The van der Waals surface area contributed by atoms with Crippen LogP contribution in [0, 0.1) is 0 Å². The molecule has 2 aromatic heterocycles. The third kappa shape index (κ3) is 3.56. The number of para-hydroxylation sites is 2. The smallest absolute Gasteiger partial charge is 0.261 e. The zero-order valence-corrected chi connectivity index (χ0v) is 20.1. The Hall–Kier alpha value is -4.59. The molecule has 1 N–H and O–H groups in total. The van der Waals surface area contributed by atoms with E-state index in [2.05, 4.69) is 22.0 Å². The highest BCUT2D eigenvalue weighted by Gasteiger charge is 2.27. The van der Waals surface area contributed by atoms with Crippen molar-refractivity contribution >= 4 is 27.7 Å². The van der Waals surface area contributed by atoms with E-state index in [9.17, 15) is 9.59 Å². The molecule has 2 aliphatic rings. The van der Waals surface area contributed by atoms with E-state index in [0.29, 0.717) is 48.5 Å². The molecular weight excluding hydrogens is 468 g/mol. The van der Waals surface area contributed by atoms with Crippen LogP contribution in [-0.4, -0.2) is 26.8 Å². The monoisotopic (exact) mass is 492 g/mol. The van der Waals surface area contributed by atoms with Crippen LogP contribution in [0.25, 0.3) is 33.3 Å². The minimum Gasteiger partial charge on any atom is -0.454 e. The molecule has 1 amide bonds. The van der Waals surface area contributed by atoms with Gasteiger partial charge in [0.15, 0.2) is 17.3 Å². The summed E-state index contributed by atoms with van der Waals surface area (Å²) in [5, 5.41) is 4.78. The van der Waals surface area contributed by atoms with Gasteiger partial charge in [0.1, 0.15) is 0 Å². The number of amides is 1. The van der Waals surface area contributed by atoms with E-state index in [0.717, 1.165) is 34.3 Å². The number of carbonyl (C=O) groups is 1. The molecule has 4 heterocycles. The van der Waals surface area contributed by atoms with Gasteiger partial charge in [0.05, 0.1) is 16.6 Å². The van der Waals surface area contributed by atoms with Gasteiger partial charge in [-0.3, -0.25) is 14.2 Å². The van der Waals surface area contributed by atoms with Crippen LogP contribution in [0.2, 0.25) is 0 Å². The predicted octanol–water partition coefficient (Wildman–Crippen LogP) is 4.01. The number of nitrogens with one attached hydrogen (secondary N) is 1. The van der Waals surface area contributed by atoms with Crippen LogP contribution in [0.15, 0.2) is 71.5 Å². The SMILES string of the molecule is O=C(CCn1c2c(c3ccccc31)CCn1c-2nc2ccccc2c1=O)NCc1ccc2c(c1)OCO2. The Morgan fingerprint density at radius 2 is 1.78 bits per heavy atom. The number of carbonyl (C=O) groups excluding carboxylic acids is 1. The van der Waals surface area contributed by atoms with Crippen molar-refractivity contribution in [3.8, 4) is 23.0 Å². The van der Waals surface area contributed by atoms with Crippen LogP contribution >= 0.6 is 0 Å². The van der Waals surface area contributed by atoms with Crippen LogP contribution in [0.4, 0.5) is 0 Å². The standard InChI is InChI=1S/C29H24N4O4/c34-26(30-16-18-9-10-24-25(15-18)37-17-36-24)12-14-32-23-8-4-2-5-19(23)20-11-13-33-28(27(20)32)31-22-7-3-1-6-21(22)29(33)35/h1-10,15H,11-14,16-17H2,(H,30,34). The molecule has 2 aliphatic heterocycles. The first-order valence-electron chi connectivity index (χ1n) is 12.4. The first-order valence-corrected chi connectivity index (χ1v) is 12.4. The lowest BCUT2D eigenvalue weighted by Gasteiger charge is -2.21. The van der Waals surface area contributed by atoms with Crippen LogP contribution in [0.5, 0.6) is 11.5 Å². The summed E-state index contributed by atoms with van der Waals surface area (Å²) in [5.74, 6) is 2.04. The lowest BCUT2D eigenvalue weighted by Crippen LogP contribution is -2.28. The second-order valence-corrected chi connectivity index (χ2v) is 9.37. The van der Waals surface area contributed by atoms with Crippen molar-refractivity contribution in [2.75, 3.05) is 6.79 Å². The lowest BCUT2D eigenvalue weighted by atomic mass is 10.0. The number of aryl methyl sites for hydroxylation is 2. The van der Waals surface area contributed by atoms with Gasteiger partial charge in [0, 0.05) is 37.0 Å². The number of fused-ring (bicyclic) bond motifs is 7. The third-order valence-electron chi connectivity index (χ3n) is 7.22. The van der Waals surface area contributed by atoms with Crippen LogP contribution in [0.3, 0.4) is 0 Å². The fourth-order valence-electron chi connectivity index (χ4n) is 5.45. The topological polar surface area (TPSA) is 87.4 Å². The summed E-state index contributed by atoms with van der Waals surface area (Å²) in [7, 11) is 0. The van der Waals surface area contributed by atoms with Gasteiger partial charge in [0.2, 0.25) is 12.7 Å². The molecule has 5 aromatic rings. The van der Waals surface area contributed by atoms with Gasteiger partial charge in [-0.15, -0.1) is 0 Å². The number of rotatable bonds is 5. The highest BCUT2D eigenvalue weighted by atomic mass is 16.7. The first kappa shape index (κ1) is 21.7. The molecule has 8 heteroatoms. The van der Waals surface area contributed by atoms with Crippen molar-refractivity contribution in [2.45, 2.75) is 32.5 Å². The molecule has 3 aromatic carbocycles. The van der Waals surface area contributed by atoms with Crippen molar-refractivity contribution in [1.82, 2.24) is 19.4 Å². The average molecular weight is 493 g/mol. The molecule has 0 unspecified atom stereocenters. The molecule has 0 bridgehead atoms. The van der Waals surface area contributed by atoms with Crippen molar-refractivity contribution in [3.05, 3.63) is 88.2 Å². The molecule has 8 nitrogen and oxygen atoms in total. The van der Waals surface area contributed by atoms with Crippen molar-refractivity contribution in [1.29, 1.82) is 0 Å². The Bertz CT molecular complexity index is 1770. The number of ether oxygens (including phenoxy) is 2. The first-order chi connectivity index (χ1) is 18.2. The molecule has 0 spiro atoms. The fraction of sp³-hybridized carbons (Fsp3) is 0.207. The summed E-state index contributed by atoms with van der Waals surface area (Å²) in [5.41, 5.74) is 4.77. The van der Waals surface area contributed by atoms with Crippen molar-refractivity contribution in [2.24, 2.45) is 0 Å². The Morgan fingerprint density at radius 1 is 0.973 bits per heavy atom. The third-order valence-corrected chi connectivity index (χ3v) is 7.22. The number of aromatic nitrogens is 3. The quantitative estimate of drug-likeness (QED) is 0.401. The molecule has 0 atom stereocenters. The molecule has 0 fully saturated rings. The van der Waals surface area contributed by atoms with Gasteiger partial charge in [-0.05, 0) is 47.9 Å². The molecule has 7 rings (SSSR count). The van der Waals surface area contributed by atoms with Crippen LogP contribution in [-0.2, 0) is 30.8 Å². The summed E-state index contributed by atoms with van der Waals surface area (Å²) < 4.78 is 14.7. The van der Waals surface area contributed by atoms with Gasteiger partial charge in [-0.2, -0.15) is 0 Å². The largest absolute Gasteiger partial charge is 0.454 e. The summed E-state index contributed by atoms with van der Waals surface area (Å²) in [4.78, 5) is 31.1. The summed E-state index contributed by atoms with van der Waals surface area (Å²) in [6, 6.07) is 21.4. The maximum atomic E-state index is 13.3. The van der Waals surface area contributed by atoms with E-state index >= 15 is 0 Å². The molecule has 0 aliphatic carbocycles. The second kappa shape index (κ2) is 8.51. The zero-order valence-electron chi connectivity index (χ0n) is 20.1. The minimum atomic E-state index is -0.0520. The van der Waals surface area contributed by atoms with Gasteiger partial charge >= 0.3 is 0 Å². The Morgan fingerprint density at radius 3 is 2.70 bits per heavy atom. The fourth-order valence-corrected chi connectivity index (χ4v) is 5.45. The van der Waals surface area contributed by atoms with Gasteiger partial charge in [0.25, 0.3) is 5.56 Å². The Kier molecular flexibility index (Phi) is 4.99. The van der Waals surface area contributed by atoms with Gasteiger partial charge in [-0.1, -0.05) is 36.4 Å². The molecule has 0 saturated carbocycles. The maximum Gasteiger partial charge on any atom is 0.261 e. The molecule has 37 heavy (non-hydrogen) atoms. The molecular formula is C29H24N4O4. The van der Waals surface area contributed by atoms with Crippen LogP contribution in [0.1, 0.15) is 17.5 Å². The summed E-state index contributed by atoms with van der Waals surface area (Å²) in [6.07, 6.45) is 1.04. The van der Waals surface area contributed by atoms with E-state index in [-0.39, 0.29) is 18.3 Å². The van der Waals surface area contributed by atoms with E-state index in [1.54, 1.807) is 4.57 Å². The van der Waals surface area contributed by atoms with Crippen molar-refractivity contribution < 1.29 is 14.3 Å². The number of hydrogen-bond donors (Lipinski definition) is 1. The number of hydrogen-bond acceptors (Lipinski definition) is 5. The lowest BCUT2D eigenvalue weighted by molar-refractivity contribution is -0.121. The average Bonchev–Trinajstić information content (AvgIpc) is 3.53. The second-order valence-electron chi connectivity index (χ2n) is 9.37. The normalized spacial score (nSPS) is 13.5. The Balaban J connectivity index is 1.20. The van der Waals surface area contributed by atoms with Gasteiger partial charge < -0.3 is 19.4 Å². The van der Waals surface area contributed by atoms with E-state index < -0.39 is 0 Å². The Labute approximate surface area is 212 Å². The highest BCUT2D eigenvalue weighted by Crippen LogP contribution is 2.37. The predicted molar refractivity (Wildman–Crippen MR) is 140 cm³/mol. The molecule has 0 saturated heterocycles. The van der Waals surface area contributed by atoms with E-state index in [1.165, 1.54) is 5.56 Å². The molecule has 184 valence electrons. The molecule has 0 radical (unpaired) electrons. The van der Waals surface area contributed by atoms with Gasteiger partial charge in [-0.25, -0.2) is 4.98 Å². The van der Waals surface area contributed by atoms with E-state index in [1.807, 2.05) is 54.6 Å². The number of benzene rings is 3. The summed E-state index contributed by atoms with van der Waals surface area (Å²) >= 11 is 0. The summed E-state index contributed by atoms with van der Waals surface area (Å²) in [6.45, 7) is 1.69.